The van der Waals surface area contributed by atoms with E-state index >= 15 is 0 Å². The number of allylic oxidation sites excluding steroid dienone is 1. The van der Waals surface area contributed by atoms with E-state index < -0.39 is 0 Å². The van der Waals surface area contributed by atoms with Crippen molar-refractivity contribution >= 4 is 7.85 Å². The molecule has 1 fully saturated rings. The average molecular weight is 63.9 g/mol. The lowest BCUT2D eigenvalue weighted by Gasteiger charge is -1.56. The monoisotopic (exact) mass is 64.0 g/mol. The maximum atomic E-state index is 5.27. The van der Waals surface area contributed by atoms with Crippen molar-refractivity contribution in [1.29, 1.82) is 0 Å². The molecule has 0 aromatic heterocycles. The van der Waals surface area contributed by atoms with Gasteiger partial charge in [0.15, 0.2) is 0 Å². The summed E-state index contributed by atoms with van der Waals surface area (Å²) >= 11 is 0. The van der Waals surface area contributed by atoms with Gasteiger partial charge in [0.05, 0.1) is 7.85 Å². The van der Waals surface area contributed by atoms with E-state index in [1.807, 2.05) is 0 Å². The molecule has 0 amide bonds. The molecule has 1 aliphatic rings. The maximum Gasteiger partial charge on any atom is 0.0763 e. The number of hydrogen-bond acceptors (Lipinski definition) is 0. The fraction of sp³-hybridized carbons (Fsp3) is 0.500. The van der Waals surface area contributed by atoms with Crippen LogP contribution in [0.2, 0.25) is 5.82 Å². The van der Waals surface area contributed by atoms with Gasteiger partial charge in [0.25, 0.3) is 0 Å². The van der Waals surface area contributed by atoms with Crippen molar-refractivity contribution in [2.75, 3.05) is 0 Å². The minimum Gasteiger partial charge on any atom is -0.100 e. The molecule has 0 bridgehead atoms. The van der Waals surface area contributed by atoms with Gasteiger partial charge in [-0.15, -0.1) is 6.58 Å². The van der Waals surface area contributed by atoms with Gasteiger partial charge in [-0.3, -0.25) is 0 Å². The molecule has 0 saturated heterocycles. The smallest absolute Gasteiger partial charge is 0.0763 e. The Bertz CT molecular complexity index is 66.0. The third-order valence-electron chi connectivity index (χ3n) is 0.846. The average Bonchev–Trinajstić information content (AvgIpc) is 1.79. The Morgan fingerprint density at radius 1 is 2.00 bits per heavy atom. The summed E-state index contributed by atoms with van der Waals surface area (Å²) in [6.45, 7) is 3.62. The Hall–Kier alpha value is -0.195. The van der Waals surface area contributed by atoms with Crippen molar-refractivity contribution in [3.63, 3.8) is 0 Å². The molecular weight excluding hydrogens is 58.9 g/mol. The topological polar surface area (TPSA) is 0 Å². The number of rotatable bonds is 0. The zero-order valence-corrected chi connectivity index (χ0v) is 3.07. The molecule has 5 heavy (non-hydrogen) atoms. The van der Waals surface area contributed by atoms with Gasteiger partial charge in [0, 0.05) is 0 Å². The molecule has 0 aromatic carbocycles. The molecule has 0 nitrogen and oxygen atoms in total. The fourth-order valence-corrected chi connectivity index (χ4v) is 0.224. The SMILES string of the molecule is [B][C@H]1CC1=C. The van der Waals surface area contributed by atoms with E-state index in [0.29, 0.717) is 5.82 Å². The fourth-order valence-electron chi connectivity index (χ4n) is 0.224. The molecule has 0 unspecified atom stereocenters. The third-order valence-corrected chi connectivity index (χ3v) is 0.846. The Balaban J connectivity index is 2.47. The maximum absolute atomic E-state index is 5.27. The Morgan fingerprint density at radius 2 is 2.20 bits per heavy atom. The second-order valence-electron chi connectivity index (χ2n) is 1.47. The van der Waals surface area contributed by atoms with Crippen LogP contribution in [-0.4, -0.2) is 7.85 Å². The molecule has 1 aliphatic carbocycles. The van der Waals surface area contributed by atoms with Crippen LogP contribution in [0.3, 0.4) is 0 Å². The summed E-state index contributed by atoms with van der Waals surface area (Å²) < 4.78 is 0. The van der Waals surface area contributed by atoms with E-state index in [1.54, 1.807) is 0 Å². The van der Waals surface area contributed by atoms with Crippen molar-refractivity contribution in [3.05, 3.63) is 12.2 Å². The summed E-state index contributed by atoms with van der Waals surface area (Å²) in [6.07, 6.45) is 1.06. The summed E-state index contributed by atoms with van der Waals surface area (Å²) in [5, 5.41) is 0. The van der Waals surface area contributed by atoms with Crippen molar-refractivity contribution in [2.24, 2.45) is 0 Å². The summed E-state index contributed by atoms with van der Waals surface area (Å²) in [4.78, 5) is 0. The molecule has 24 valence electrons. The largest absolute Gasteiger partial charge is 0.100 e. The Kier molecular flexibility index (Phi) is 0.390. The zero-order chi connectivity index (χ0) is 3.86. The van der Waals surface area contributed by atoms with Crippen LogP contribution >= 0.6 is 0 Å². The molecular formula is C4H5B. The lowest BCUT2D eigenvalue weighted by molar-refractivity contribution is 1.48. The summed E-state index contributed by atoms with van der Waals surface area (Å²) in [7, 11) is 5.27. The first kappa shape index (κ1) is 3.01. The van der Waals surface area contributed by atoms with E-state index in [2.05, 4.69) is 6.58 Å². The predicted molar refractivity (Wildman–Crippen MR) is 23.3 cm³/mol. The molecule has 0 aliphatic heterocycles. The summed E-state index contributed by atoms with van der Waals surface area (Å²) in [5.41, 5.74) is 1.20. The molecule has 1 atom stereocenters. The summed E-state index contributed by atoms with van der Waals surface area (Å²) in [5.74, 6) is 0.356. The number of hydrogen-bond donors (Lipinski definition) is 0. The lowest BCUT2D eigenvalue weighted by Crippen LogP contribution is -1.50. The molecule has 0 aromatic rings. The van der Waals surface area contributed by atoms with Crippen molar-refractivity contribution in [3.8, 4) is 0 Å². The minimum absolute atomic E-state index is 0.356. The van der Waals surface area contributed by atoms with Crippen molar-refractivity contribution < 1.29 is 0 Å². The van der Waals surface area contributed by atoms with Crippen molar-refractivity contribution in [2.45, 2.75) is 12.2 Å². The highest BCUT2D eigenvalue weighted by Gasteiger charge is 2.19. The standard InChI is InChI=1S/C4H5B/c1-3-2-4(3)5/h4H,1-2H2/t4-/m0/s1. The van der Waals surface area contributed by atoms with Crippen LogP contribution in [0, 0.1) is 0 Å². The van der Waals surface area contributed by atoms with Gasteiger partial charge < -0.3 is 0 Å². The molecule has 1 heteroatoms. The first-order valence-corrected chi connectivity index (χ1v) is 1.74. The molecule has 0 N–H and O–H groups in total. The van der Waals surface area contributed by atoms with Crippen LogP contribution in [0.5, 0.6) is 0 Å². The Morgan fingerprint density at radius 3 is 2.20 bits per heavy atom. The van der Waals surface area contributed by atoms with Crippen molar-refractivity contribution in [1.82, 2.24) is 0 Å². The van der Waals surface area contributed by atoms with Crippen LogP contribution < -0.4 is 0 Å². The highest BCUT2D eigenvalue weighted by atomic mass is 14.2. The second kappa shape index (κ2) is 0.646. The van der Waals surface area contributed by atoms with Gasteiger partial charge in [-0.1, -0.05) is 11.4 Å². The van der Waals surface area contributed by atoms with Gasteiger partial charge in [-0.05, 0) is 6.42 Å². The second-order valence-corrected chi connectivity index (χ2v) is 1.47. The molecule has 2 radical (unpaired) electrons. The van der Waals surface area contributed by atoms with E-state index in [4.69, 9.17) is 7.85 Å². The van der Waals surface area contributed by atoms with Crippen LogP contribution in [0.4, 0.5) is 0 Å². The van der Waals surface area contributed by atoms with E-state index in [9.17, 15) is 0 Å². The third kappa shape index (κ3) is 0.368. The zero-order valence-electron chi connectivity index (χ0n) is 3.07. The van der Waals surface area contributed by atoms with Gasteiger partial charge >= 0.3 is 0 Å². The van der Waals surface area contributed by atoms with E-state index in [-0.39, 0.29) is 0 Å². The van der Waals surface area contributed by atoms with Gasteiger partial charge in [0.1, 0.15) is 0 Å². The van der Waals surface area contributed by atoms with Gasteiger partial charge in [0.2, 0.25) is 0 Å². The van der Waals surface area contributed by atoms with E-state index in [0.717, 1.165) is 6.42 Å². The van der Waals surface area contributed by atoms with Crippen LogP contribution in [0.1, 0.15) is 6.42 Å². The molecule has 0 heterocycles. The van der Waals surface area contributed by atoms with Crippen LogP contribution in [-0.2, 0) is 0 Å². The van der Waals surface area contributed by atoms with E-state index in [1.165, 1.54) is 5.57 Å². The highest BCUT2D eigenvalue weighted by Crippen LogP contribution is 2.38. The molecule has 0 spiro atoms. The van der Waals surface area contributed by atoms with Crippen LogP contribution in [0.25, 0.3) is 0 Å². The normalized spacial score (nSPS) is 34.4. The Labute approximate surface area is 33.3 Å². The molecule has 1 saturated carbocycles. The highest BCUT2D eigenvalue weighted by molar-refractivity contribution is 6.16. The molecule has 1 rings (SSSR count). The minimum atomic E-state index is 0.356. The first-order chi connectivity index (χ1) is 2.30. The van der Waals surface area contributed by atoms with Gasteiger partial charge in [-0.25, -0.2) is 0 Å². The quantitative estimate of drug-likeness (QED) is 0.290. The van der Waals surface area contributed by atoms with Crippen LogP contribution in [0.15, 0.2) is 12.2 Å². The summed E-state index contributed by atoms with van der Waals surface area (Å²) in [6, 6.07) is 0. The lowest BCUT2D eigenvalue weighted by atomic mass is 10.0. The van der Waals surface area contributed by atoms with Gasteiger partial charge in [-0.2, -0.15) is 0 Å². The predicted octanol–water partition coefficient (Wildman–Crippen LogP) is 0.903. The first-order valence-electron chi connectivity index (χ1n) is 1.74.